The highest BCUT2D eigenvalue weighted by atomic mass is 16.2. The van der Waals surface area contributed by atoms with E-state index in [2.05, 4.69) is 20.9 Å². The maximum atomic E-state index is 12.1. The van der Waals surface area contributed by atoms with Crippen LogP contribution in [0.2, 0.25) is 0 Å². The number of carbonyl (C=O) groups excluding carboxylic acids is 2. The second kappa shape index (κ2) is 6.74. The molecular weight excluding hydrogens is 306 g/mol. The maximum absolute atomic E-state index is 12.1. The van der Waals surface area contributed by atoms with Crippen molar-refractivity contribution >= 4 is 11.8 Å². The van der Waals surface area contributed by atoms with Gasteiger partial charge in [-0.1, -0.05) is 6.07 Å². The number of nitrogens with zero attached hydrogens (tertiary/aromatic N) is 3. The zero-order valence-electron chi connectivity index (χ0n) is 12.9. The van der Waals surface area contributed by atoms with E-state index in [9.17, 15) is 9.59 Å². The normalized spacial score (nSPS) is 10.2. The van der Waals surface area contributed by atoms with Gasteiger partial charge >= 0.3 is 0 Å². The predicted octanol–water partition coefficient (Wildman–Crippen LogP) is 1.65. The van der Waals surface area contributed by atoms with Gasteiger partial charge in [-0.05, 0) is 49.4 Å². The van der Waals surface area contributed by atoms with E-state index < -0.39 is 11.8 Å². The fraction of sp³-hybridized carbons (Fsp3) is 0.0588. The Labute approximate surface area is 138 Å². The van der Waals surface area contributed by atoms with Gasteiger partial charge in [-0.3, -0.25) is 25.4 Å². The quantitative estimate of drug-likeness (QED) is 0.718. The standard InChI is InChI=1S/C17H15N5O2/c1-12-9-11-19-22(12)14-7-5-13(6-8-14)16(23)20-21-17(24)15-4-2-3-10-18-15/h2-11H,1H3,(H,20,23)(H,21,24). The highest BCUT2D eigenvalue weighted by molar-refractivity contribution is 5.98. The zero-order chi connectivity index (χ0) is 16.9. The van der Waals surface area contributed by atoms with Gasteiger partial charge in [0.15, 0.2) is 0 Å². The largest absolute Gasteiger partial charge is 0.288 e. The van der Waals surface area contributed by atoms with Gasteiger partial charge in [0.2, 0.25) is 0 Å². The van der Waals surface area contributed by atoms with Gasteiger partial charge < -0.3 is 0 Å². The first-order chi connectivity index (χ1) is 11.6. The molecule has 2 aromatic heterocycles. The molecule has 3 rings (SSSR count). The molecule has 120 valence electrons. The summed E-state index contributed by atoms with van der Waals surface area (Å²) in [5.41, 5.74) is 7.19. The Hall–Kier alpha value is -3.48. The van der Waals surface area contributed by atoms with Gasteiger partial charge in [0.1, 0.15) is 5.69 Å². The van der Waals surface area contributed by atoms with Crippen LogP contribution in [-0.4, -0.2) is 26.6 Å². The summed E-state index contributed by atoms with van der Waals surface area (Å²) in [6, 6.07) is 13.8. The second-order valence-electron chi connectivity index (χ2n) is 5.05. The first-order valence-electron chi connectivity index (χ1n) is 7.28. The van der Waals surface area contributed by atoms with Crippen LogP contribution in [0.1, 0.15) is 26.5 Å². The third-order valence-electron chi connectivity index (χ3n) is 3.39. The highest BCUT2D eigenvalue weighted by Gasteiger charge is 2.10. The molecule has 3 aromatic rings. The van der Waals surface area contributed by atoms with Gasteiger partial charge in [-0.15, -0.1) is 0 Å². The summed E-state index contributed by atoms with van der Waals surface area (Å²) in [4.78, 5) is 27.8. The lowest BCUT2D eigenvalue weighted by Gasteiger charge is -2.08. The summed E-state index contributed by atoms with van der Waals surface area (Å²) < 4.78 is 1.77. The summed E-state index contributed by atoms with van der Waals surface area (Å²) in [6.07, 6.45) is 3.22. The summed E-state index contributed by atoms with van der Waals surface area (Å²) in [5.74, 6) is -0.893. The van der Waals surface area contributed by atoms with E-state index in [1.165, 1.54) is 6.20 Å². The Morgan fingerprint density at radius 2 is 1.67 bits per heavy atom. The third-order valence-corrected chi connectivity index (χ3v) is 3.39. The molecular formula is C17H15N5O2. The maximum Gasteiger partial charge on any atom is 0.288 e. The Morgan fingerprint density at radius 1 is 0.917 bits per heavy atom. The van der Waals surface area contributed by atoms with Crippen molar-refractivity contribution in [2.45, 2.75) is 6.92 Å². The number of pyridine rings is 1. The fourth-order valence-electron chi connectivity index (χ4n) is 2.14. The SMILES string of the molecule is Cc1ccnn1-c1ccc(C(=O)NNC(=O)c2ccccn2)cc1. The fourth-order valence-corrected chi connectivity index (χ4v) is 2.14. The number of aromatic nitrogens is 3. The number of carbonyl (C=O) groups is 2. The number of rotatable bonds is 3. The smallest absolute Gasteiger partial charge is 0.267 e. The van der Waals surface area contributed by atoms with Crippen molar-refractivity contribution in [1.82, 2.24) is 25.6 Å². The van der Waals surface area contributed by atoms with E-state index in [1.54, 1.807) is 53.3 Å². The summed E-state index contributed by atoms with van der Waals surface area (Å²) in [6.45, 7) is 1.95. The van der Waals surface area contributed by atoms with Crippen molar-refractivity contribution in [3.05, 3.63) is 77.9 Å². The van der Waals surface area contributed by atoms with Crippen LogP contribution in [0.3, 0.4) is 0 Å². The van der Waals surface area contributed by atoms with E-state index in [1.807, 2.05) is 13.0 Å². The third kappa shape index (κ3) is 3.30. The number of aryl methyl sites for hydroxylation is 1. The molecule has 2 N–H and O–H groups in total. The van der Waals surface area contributed by atoms with Crippen molar-refractivity contribution in [2.75, 3.05) is 0 Å². The second-order valence-corrected chi connectivity index (χ2v) is 5.05. The van der Waals surface area contributed by atoms with Crippen LogP contribution in [0.25, 0.3) is 5.69 Å². The van der Waals surface area contributed by atoms with E-state index in [-0.39, 0.29) is 5.69 Å². The van der Waals surface area contributed by atoms with Crippen LogP contribution in [0, 0.1) is 6.92 Å². The number of benzene rings is 1. The first-order valence-corrected chi connectivity index (χ1v) is 7.28. The van der Waals surface area contributed by atoms with Crippen molar-refractivity contribution in [1.29, 1.82) is 0 Å². The molecule has 0 aliphatic carbocycles. The predicted molar refractivity (Wildman–Crippen MR) is 87.5 cm³/mol. The lowest BCUT2D eigenvalue weighted by atomic mass is 10.2. The Kier molecular flexibility index (Phi) is 4.33. The van der Waals surface area contributed by atoms with Gasteiger partial charge in [0, 0.05) is 23.7 Å². The van der Waals surface area contributed by atoms with Crippen LogP contribution < -0.4 is 10.9 Å². The average molecular weight is 321 g/mol. The summed E-state index contributed by atoms with van der Waals surface area (Å²) in [5, 5.41) is 4.21. The van der Waals surface area contributed by atoms with Gasteiger partial charge in [0.05, 0.1) is 5.69 Å². The van der Waals surface area contributed by atoms with Crippen LogP contribution in [-0.2, 0) is 0 Å². The summed E-state index contributed by atoms with van der Waals surface area (Å²) in [7, 11) is 0. The molecule has 0 unspecified atom stereocenters. The van der Waals surface area contributed by atoms with Crippen LogP contribution >= 0.6 is 0 Å². The molecule has 2 heterocycles. The molecule has 0 aliphatic heterocycles. The minimum absolute atomic E-state index is 0.224. The van der Waals surface area contributed by atoms with Gasteiger partial charge in [-0.25, -0.2) is 4.68 Å². The monoisotopic (exact) mass is 321 g/mol. The molecule has 2 amide bonds. The number of hydrazine groups is 1. The van der Waals surface area contributed by atoms with Crippen LogP contribution in [0.5, 0.6) is 0 Å². The Balaban J connectivity index is 1.63. The van der Waals surface area contributed by atoms with Crippen molar-refractivity contribution in [3.63, 3.8) is 0 Å². The molecule has 0 aliphatic rings. The number of nitrogens with one attached hydrogen (secondary N) is 2. The van der Waals surface area contributed by atoms with E-state index in [0.717, 1.165) is 11.4 Å². The van der Waals surface area contributed by atoms with Crippen molar-refractivity contribution in [2.24, 2.45) is 0 Å². The molecule has 0 radical (unpaired) electrons. The molecule has 0 saturated carbocycles. The lowest BCUT2D eigenvalue weighted by Crippen LogP contribution is -2.41. The molecule has 0 atom stereocenters. The minimum atomic E-state index is -0.479. The van der Waals surface area contributed by atoms with Gasteiger partial charge in [0.25, 0.3) is 11.8 Å². The van der Waals surface area contributed by atoms with Crippen LogP contribution in [0.15, 0.2) is 60.9 Å². The van der Waals surface area contributed by atoms with Gasteiger partial charge in [-0.2, -0.15) is 5.10 Å². The Morgan fingerprint density at radius 3 is 2.29 bits per heavy atom. The zero-order valence-corrected chi connectivity index (χ0v) is 12.9. The number of hydrogen-bond donors (Lipinski definition) is 2. The van der Waals surface area contributed by atoms with E-state index in [0.29, 0.717) is 5.56 Å². The lowest BCUT2D eigenvalue weighted by molar-refractivity contribution is 0.0844. The molecule has 7 heteroatoms. The molecule has 0 spiro atoms. The average Bonchev–Trinajstić information content (AvgIpc) is 3.06. The van der Waals surface area contributed by atoms with Crippen LogP contribution in [0.4, 0.5) is 0 Å². The van der Waals surface area contributed by atoms with Crippen molar-refractivity contribution in [3.8, 4) is 5.69 Å². The number of hydrogen-bond acceptors (Lipinski definition) is 4. The van der Waals surface area contributed by atoms with E-state index in [4.69, 9.17) is 0 Å². The topological polar surface area (TPSA) is 88.9 Å². The molecule has 0 bridgehead atoms. The number of amides is 2. The summed E-state index contributed by atoms with van der Waals surface area (Å²) >= 11 is 0. The molecule has 1 aromatic carbocycles. The van der Waals surface area contributed by atoms with E-state index >= 15 is 0 Å². The first kappa shape index (κ1) is 15.4. The minimum Gasteiger partial charge on any atom is -0.267 e. The molecule has 7 nitrogen and oxygen atoms in total. The molecule has 24 heavy (non-hydrogen) atoms. The van der Waals surface area contributed by atoms with Crippen molar-refractivity contribution < 1.29 is 9.59 Å². The Bertz CT molecular complexity index is 856. The molecule has 0 fully saturated rings. The highest BCUT2D eigenvalue weighted by Crippen LogP contribution is 2.11. The molecule has 0 saturated heterocycles.